The summed E-state index contributed by atoms with van der Waals surface area (Å²) in [6.07, 6.45) is 1.96. The van der Waals surface area contributed by atoms with E-state index in [4.69, 9.17) is 0 Å². The van der Waals surface area contributed by atoms with Crippen molar-refractivity contribution in [3.05, 3.63) is 24.3 Å². The third-order valence-corrected chi connectivity index (χ3v) is 6.28. The van der Waals surface area contributed by atoms with E-state index >= 15 is 0 Å². The lowest BCUT2D eigenvalue weighted by atomic mass is 10.1. The van der Waals surface area contributed by atoms with Crippen LogP contribution in [0.1, 0.15) is 19.8 Å². The molecule has 0 aromatic heterocycles. The molecular formula is C15H18N2O2S2. The second-order valence-corrected chi connectivity index (χ2v) is 8.13. The second kappa shape index (κ2) is 5.93. The minimum absolute atomic E-state index is 0.184. The fourth-order valence-corrected chi connectivity index (χ4v) is 4.70. The topological polar surface area (TPSA) is 58.2 Å². The highest BCUT2D eigenvalue weighted by Gasteiger charge is 2.46. The van der Waals surface area contributed by atoms with Crippen molar-refractivity contribution in [3.63, 3.8) is 0 Å². The third kappa shape index (κ3) is 2.92. The molecule has 3 rings (SSSR count). The molecule has 0 aliphatic carbocycles. The van der Waals surface area contributed by atoms with Gasteiger partial charge in [0.2, 0.25) is 11.8 Å². The first-order valence-electron chi connectivity index (χ1n) is 7.08. The lowest BCUT2D eigenvalue weighted by Crippen LogP contribution is -2.54. The van der Waals surface area contributed by atoms with E-state index in [0.717, 1.165) is 34.9 Å². The lowest BCUT2D eigenvalue weighted by molar-refractivity contribution is -0.130. The van der Waals surface area contributed by atoms with E-state index in [1.807, 2.05) is 36.0 Å². The van der Waals surface area contributed by atoms with Crippen LogP contribution in [0.25, 0.3) is 0 Å². The minimum Gasteiger partial charge on any atom is -0.352 e. The number of hydrogen-bond donors (Lipinski definition) is 2. The van der Waals surface area contributed by atoms with Crippen molar-refractivity contribution >= 4 is 41.0 Å². The largest absolute Gasteiger partial charge is 0.352 e. The Hall–Kier alpha value is -1.14. The van der Waals surface area contributed by atoms with Gasteiger partial charge in [-0.05, 0) is 43.4 Å². The van der Waals surface area contributed by atoms with Gasteiger partial charge in [-0.15, -0.1) is 0 Å². The standard InChI is InChI=1S/C15H18N2O2S2/c1-15(13(18)16-10-6-8-20-9-7-10)14(19)17-11-4-2-3-5-12(11)21-15/h2-5,10H,6-9H2,1H3,(H,16,18)(H,17,19)/t15-/m0/s1. The number of rotatable bonds is 2. The molecule has 1 aromatic carbocycles. The highest BCUT2D eigenvalue weighted by molar-refractivity contribution is 8.02. The van der Waals surface area contributed by atoms with Gasteiger partial charge in [0.25, 0.3) is 0 Å². The number of amides is 2. The van der Waals surface area contributed by atoms with Crippen LogP contribution >= 0.6 is 23.5 Å². The molecule has 1 fully saturated rings. The van der Waals surface area contributed by atoms with Crippen molar-refractivity contribution in [2.45, 2.75) is 35.4 Å². The van der Waals surface area contributed by atoms with Gasteiger partial charge in [-0.3, -0.25) is 9.59 Å². The molecule has 6 heteroatoms. The average molecular weight is 322 g/mol. The minimum atomic E-state index is -1.10. The van der Waals surface area contributed by atoms with Gasteiger partial charge in [-0.1, -0.05) is 23.9 Å². The quantitative estimate of drug-likeness (QED) is 0.822. The summed E-state index contributed by atoms with van der Waals surface area (Å²) in [5, 5.41) is 5.90. The Morgan fingerprint density at radius 2 is 2.05 bits per heavy atom. The molecule has 1 atom stereocenters. The van der Waals surface area contributed by atoms with Gasteiger partial charge >= 0.3 is 0 Å². The first-order valence-corrected chi connectivity index (χ1v) is 9.05. The van der Waals surface area contributed by atoms with Crippen molar-refractivity contribution in [1.82, 2.24) is 5.32 Å². The zero-order valence-corrected chi connectivity index (χ0v) is 13.5. The number of carbonyl (C=O) groups is 2. The van der Waals surface area contributed by atoms with Crippen LogP contribution in [0.5, 0.6) is 0 Å². The SMILES string of the molecule is C[C@@]1(C(=O)NC2CCSCC2)Sc2ccccc2NC1=O. The van der Waals surface area contributed by atoms with E-state index in [2.05, 4.69) is 10.6 Å². The molecule has 2 N–H and O–H groups in total. The first-order chi connectivity index (χ1) is 10.1. The average Bonchev–Trinajstić information content (AvgIpc) is 2.49. The Morgan fingerprint density at radius 1 is 1.33 bits per heavy atom. The number of fused-ring (bicyclic) bond motifs is 1. The van der Waals surface area contributed by atoms with Gasteiger partial charge in [-0.25, -0.2) is 0 Å². The first kappa shape index (κ1) is 14.8. The highest BCUT2D eigenvalue weighted by atomic mass is 32.2. The normalized spacial score (nSPS) is 25.9. The van der Waals surface area contributed by atoms with Crippen LogP contribution in [0.15, 0.2) is 29.2 Å². The summed E-state index contributed by atoms with van der Waals surface area (Å²) in [5.41, 5.74) is 0.784. The molecule has 0 unspecified atom stereocenters. The molecule has 2 aliphatic rings. The molecule has 2 aliphatic heterocycles. The summed E-state index contributed by atoms with van der Waals surface area (Å²) in [6.45, 7) is 1.70. The smallest absolute Gasteiger partial charge is 0.250 e. The molecule has 1 aromatic rings. The Balaban J connectivity index is 1.76. The second-order valence-electron chi connectivity index (χ2n) is 5.45. The van der Waals surface area contributed by atoms with Crippen LogP contribution in [0.2, 0.25) is 0 Å². The van der Waals surface area contributed by atoms with E-state index in [-0.39, 0.29) is 17.9 Å². The molecule has 0 spiro atoms. The molecule has 0 radical (unpaired) electrons. The maximum Gasteiger partial charge on any atom is 0.250 e. The van der Waals surface area contributed by atoms with Crippen LogP contribution < -0.4 is 10.6 Å². The van der Waals surface area contributed by atoms with Crippen LogP contribution in [-0.4, -0.2) is 34.1 Å². The number of thioether (sulfide) groups is 2. The fraction of sp³-hybridized carbons (Fsp3) is 0.467. The molecule has 0 bridgehead atoms. The number of hydrogen-bond acceptors (Lipinski definition) is 4. The summed E-state index contributed by atoms with van der Waals surface area (Å²) in [6, 6.07) is 7.78. The Morgan fingerprint density at radius 3 is 2.81 bits per heavy atom. The molecule has 2 amide bonds. The summed E-state index contributed by atoms with van der Waals surface area (Å²) < 4.78 is -1.10. The van der Waals surface area contributed by atoms with E-state index in [9.17, 15) is 9.59 Å². The molecule has 2 heterocycles. The van der Waals surface area contributed by atoms with Gasteiger partial charge in [0.05, 0.1) is 5.69 Å². The third-order valence-electron chi connectivity index (χ3n) is 3.87. The highest BCUT2D eigenvalue weighted by Crippen LogP contribution is 2.42. The van der Waals surface area contributed by atoms with Crippen molar-refractivity contribution in [2.75, 3.05) is 16.8 Å². The van der Waals surface area contributed by atoms with Crippen LogP contribution in [0.4, 0.5) is 5.69 Å². The zero-order valence-electron chi connectivity index (χ0n) is 11.8. The predicted molar refractivity (Wildman–Crippen MR) is 87.8 cm³/mol. The van der Waals surface area contributed by atoms with Gasteiger partial charge < -0.3 is 10.6 Å². The molecule has 112 valence electrons. The maximum absolute atomic E-state index is 12.6. The van der Waals surface area contributed by atoms with Gasteiger partial charge in [0.15, 0.2) is 4.75 Å². The van der Waals surface area contributed by atoms with Crippen molar-refractivity contribution in [2.24, 2.45) is 0 Å². The molecule has 21 heavy (non-hydrogen) atoms. The van der Waals surface area contributed by atoms with Crippen LogP contribution in [0.3, 0.4) is 0 Å². The number of carbonyl (C=O) groups excluding carboxylic acids is 2. The number of para-hydroxylation sites is 1. The number of anilines is 1. The van der Waals surface area contributed by atoms with E-state index in [1.165, 1.54) is 11.8 Å². The molecule has 4 nitrogen and oxygen atoms in total. The van der Waals surface area contributed by atoms with Gasteiger partial charge in [0.1, 0.15) is 0 Å². The van der Waals surface area contributed by atoms with Gasteiger partial charge in [0, 0.05) is 10.9 Å². The summed E-state index contributed by atoms with van der Waals surface area (Å²) in [7, 11) is 0. The fourth-order valence-electron chi connectivity index (χ4n) is 2.48. The summed E-state index contributed by atoms with van der Waals surface area (Å²) in [4.78, 5) is 25.9. The Kier molecular flexibility index (Phi) is 4.17. The van der Waals surface area contributed by atoms with Crippen molar-refractivity contribution < 1.29 is 9.59 Å². The maximum atomic E-state index is 12.6. The molecule has 1 saturated heterocycles. The number of nitrogens with one attached hydrogen (secondary N) is 2. The van der Waals surface area contributed by atoms with E-state index < -0.39 is 4.75 Å². The molecular weight excluding hydrogens is 304 g/mol. The molecule has 0 saturated carbocycles. The van der Waals surface area contributed by atoms with Crippen molar-refractivity contribution in [1.29, 1.82) is 0 Å². The Labute approximate surface area is 132 Å². The summed E-state index contributed by atoms with van der Waals surface area (Å²) >= 11 is 3.25. The Bertz CT molecular complexity index is 573. The van der Waals surface area contributed by atoms with Gasteiger partial charge in [-0.2, -0.15) is 11.8 Å². The zero-order chi connectivity index (χ0) is 14.9. The predicted octanol–water partition coefficient (Wildman–Crippen LogP) is 2.50. The van der Waals surface area contributed by atoms with Crippen LogP contribution in [-0.2, 0) is 9.59 Å². The lowest BCUT2D eigenvalue weighted by Gasteiger charge is -2.34. The van der Waals surface area contributed by atoms with Crippen LogP contribution in [0, 0.1) is 0 Å². The summed E-state index contributed by atoms with van der Waals surface area (Å²) in [5.74, 6) is 1.72. The van der Waals surface area contributed by atoms with Crippen molar-refractivity contribution in [3.8, 4) is 0 Å². The van der Waals surface area contributed by atoms with E-state index in [1.54, 1.807) is 6.92 Å². The number of benzene rings is 1. The monoisotopic (exact) mass is 322 g/mol. The van der Waals surface area contributed by atoms with E-state index in [0.29, 0.717) is 0 Å².